The SMILES string of the molecule is Cc1cccc(NC(=O)/C(C#N)=C/c2cc(C)n(-c3ccc(C)c(C)c3)c2C)c1. The van der Waals surface area contributed by atoms with Gasteiger partial charge in [0.1, 0.15) is 11.6 Å². The third-order valence-corrected chi connectivity index (χ3v) is 5.16. The van der Waals surface area contributed by atoms with E-state index in [9.17, 15) is 10.1 Å². The van der Waals surface area contributed by atoms with E-state index >= 15 is 0 Å². The average Bonchev–Trinajstić information content (AvgIpc) is 2.95. The van der Waals surface area contributed by atoms with Crippen LogP contribution >= 0.6 is 0 Å². The number of amides is 1. The summed E-state index contributed by atoms with van der Waals surface area (Å²) in [6.45, 7) is 10.2. The second-order valence-electron chi connectivity index (χ2n) is 7.42. The Balaban J connectivity index is 1.95. The van der Waals surface area contributed by atoms with Crippen molar-refractivity contribution in [1.82, 2.24) is 4.57 Å². The molecule has 1 aromatic heterocycles. The van der Waals surface area contributed by atoms with Crippen LogP contribution in [0.15, 0.2) is 54.1 Å². The minimum atomic E-state index is -0.408. The third-order valence-electron chi connectivity index (χ3n) is 5.16. The van der Waals surface area contributed by atoms with Gasteiger partial charge in [-0.2, -0.15) is 5.26 Å². The summed E-state index contributed by atoms with van der Waals surface area (Å²) in [6.07, 6.45) is 1.66. The molecule has 0 fully saturated rings. The number of hydrogen-bond acceptors (Lipinski definition) is 2. The highest BCUT2D eigenvalue weighted by Gasteiger charge is 2.14. The largest absolute Gasteiger partial charge is 0.321 e. The number of aromatic nitrogens is 1. The Morgan fingerprint density at radius 3 is 2.41 bits per heavy atom. The van der Waals surface area contributed by atoms with Crippen LogP contribution in [-0.4, -0.2) is 10.5 Å². The quantitative estimate of drug-likeness (QED) is 0.473. The van der Waals surface area contributed by atoms with E-state index in [1.54, 1.807) is 6.08 Å². The van der Waals surface area contributed by atoms with Crippen molar-refractivity contribution in [3.8, 4) is 11.8 Å². The standard InChI is InChI=1S/C25H25N3O/c1-16-7-6-8-23(11-16)27-25(29)22(15-26)14-21-13-19(4)28(20(21)5)24-10-9-17(2)18(3)12-24/h6-14H,1-5H3,(H,27,29)/b22-14+. The first-order chi connectivity index (χ1) is 13.8. The molecular formula is C25H25N3O. The van der Waals surface area contributed by atoms with E-state index < -0.39 is 5.91 Å². The Hall–Kier alpha value is -3.58. The summed E-state index contributed by atoms with van der Waals surface area (Å²) >= 11 is 0. The fourth-order valence-electron chi connectivity index (χ4n) is 3.42. The summed E-state index contributed by atoms with van der Waals surface area (Å²) in [5, 5.41) is 12.4. The first-order valence-corrected chi connectivity index (χ1v) is 9.56. The summed E-state index contributed by atoms with van der Waals surface area (Å²) in [4.78, 5) is 12.6. The van der Waals surface area contributed by atoms with Crippen molar-refractivity contribution < 1.29 is 4.79 Å². The van der Waals surface area contributed by atoms with Crippen LogP contribution in [0.3, 0.4) is 0 Å². The van der Waals surface area contributed by atoms with Gasteiger partial charge in [0, 0.05) is 22.8 Å². The first-order valence-electron chi connectivity index (χ1n) is 9.56. The molecule has 0 saturated heterocycles. The molecule has 0 spiro atoms. The molecule has 0 saturated carbocycles. The van der Waals surface area contributed by atoms with Crippen LogP contribution in [0.1, 0.15) is 33.6 Å². The first kappa shape index (κ1) is 20.2. The van der Waals surface area contributed by atoms with Gasteiger partial charge in [-0.25, -0.2) is 0 Å². The van der Waals surface area contributed by atoms with Gasteiger partial charge in [0.25, 0.3) is 5.91 Å². The minimum absolute atomic E-state index is 0.0758. The van der Waals surface area contributed by atoms with Crippen molar-refractivity contribution in [3.63, 3.8) is 0 Å². The molecule has 2 aromatic carbocycles. The Morgan fingerprint density at radius 2 is 1.76 bits per heavy atom. The Bertz CT molecular complexity index is 1160. The van der Waals surface area contributed by atoms with E-state index in [1.165, 1.54) is 11.1 Å². The molecule has 1 amide bonds. The predicted molar refractivity (Wildman–Crippen MR) is 118 cm³/mol. The van der Waals surface area contributed by atoms with E-state index in [0.29, 0.717) is 5.69 Å². The minimum Gasteiger partial charge on any atom is -0.321 e. The molecule has 1 N–H and O–H groups in total. The fourth-order valence-corrected chi connectivity index (χ4v) is 3.42. The summed E-state index contributed by atoms with van der Waals surface area (Å²) in [7, 11) is 0. The summed E-state index contributed by atoms with van der Waals surface area (Å²) < 4.78 is 2.14. The van der Waals surface area contributed by atoms with Crippen LogP contribution in [0.2, 0.25) is 0 Å². The van der Waals surface area contributed by atoms with Crippen molar-refractivity contribution in [2.75, 3.05) is 5.32 Å². The van der Waals surface area contributed by atoms with Crippen molar-refractivity contribution in [2.24, 2.45) is 0 Å². The zero-order valence-corrected chi connectivity index (χ0v) is 17.5. The molecule has 0 aliphatic heterocycles. The number of nitrogens with one attached hydrogen (secondary N) is 1. The Labute approximate surface area is 172 Å². The Kier molecular flexibility index (Phi) is 5.70. The van der Waals surface area contributed by atoms with Crippen molar-refractivity contribution in [1.29, 1.82) is 5.26 Å². The van der Waals surface area contributed by atoms with Crippen molar-refractivity contribution in [3.05, 3.63) is 87.7 Å². The molecule has 0 aliphatic rings. The summed E-state index contributed by atoms with van der Waals surface area (Å²) in [5.41, 5.74) is 8.24. The normalized spacial score (nSPS) is 11.2. The third kappa shape index (κ3) is 4.30. The van der Waals surface area contributed by atoms with Crippen LogP contribution in [0.25, 0.3) is 11.8 Å². The molecule has 0 bridgehead atoms. The lowest BCUT2D eigenvalue weighted by atomic mass is 10.1. The molecule has 3 rings (SSSR count). The van der Waals surface area contributed by atoms with Gasteiger partial charge in [-0.05, 0) is 93.3 Å². The van der Waals surface area contributed by atoms with E-state index in [2.05, 4.69) is 41.9 Å². The highest BCUT2D eigenvalue weighted by atomic mass is 16.1. The molecule has 29 heavy (non-hydrogen) atoms. The van der Waals surface area contributed by atoms with Crippen LogP contribution in [0.5, 0.6) is 0 Å². The number of benzene rings is 2. The van der Waals surface area contributed by atoms with Gasteiger partial charge in [-0.3, -0.25) is 4.79 Å². The lowest BCUT2D eigenvalue weighted by molar-refractivity contribution is -0.112. The van der Waals surface area contributed by atoms with Crippen LogP contribution in [0.4, 0.5) is 5.69 Å². The van der Waals surface area contributed by atoms with Gasteiger partial charge in [-0.1, -0.05) is 18.2 Å². The van der Waals surface area contributed by atoms with Gasteiger partial charge >= 0.3 is 0 Å². The van der Waals surface area contributed by atoms with E-state index in [4.69, 9.17) is 0 Å². The van der Waals surface area contributed by atoms with Crippen LogP contribution in [-0.2, 0) is 4.79 Å². The zero-order chi connectivity index (χ0) is 21.1. The topological polar surface area (TPSA) is 57.8 Å². The van der Waals surface area contributed by atoms with E-state index in [0.717, 1.165) is 28.2 Å². The van der Waals surface area contributed by atoms with Gasteiger partial charge in [0.15, 0.2) is 0 Å². The number of carbonyl (C=O) groups is 1. The molecule has 0 radical (unpaired) electrons. The van der Waals surface area contributed by atoms with E-state index in [1.807, 2.05) is 57.2 Å². The maximum absolute atomic E-state index is 12.6. The van der Waals surface area contributed by atoms with E-state index in [-0.39, 0.29) is 5.57 Å². The van der Waals surface area contributed by atoms with Gasteiger partial charge in [0.2, 0.25) is 0 Å². The van der Waals surface area contributed by atoms with Gasteiger partial charge in [0.05, 0.1) is 0 Å². The number of nitrogens with zero attached hydrogens (tertiary/aromatic N) is 2. The molecule has 4 heteroatoms. The maximum Gasteiger partial charge on any atom is 0.266 e. The molecule has 0 atom stereocenters. The second kappa shape index (κ2) is 8.20. The number of rotatable bonds is 4. The number of aryl methyl sites for hydroxylation is 4. The fraction of sp³-hybridized carbons (Fsp3) is 0.200. The van der Waals surface area contributed by atoms with Gasteiger partial charge in [-0.15, -0.1) is 0 Å². The molecule has 3 aromatic rings. The molecular weight excluding hydrogens is 358 g/mol. The molecule has 0 unspecified atom stereocenters. The summed E-state index contributed by atoms with van der Waals surface area (Å²) in [5.74, 6) is -0.408. The molecule has 0 aliphatic carbocycles. The van der Waals surface area contributed by atoms with Crippen LogP contribution < -0.4 is 5.32 Å². The maximum atomic E-state index is 12.6. The number of anilines is 1. The highest BCUT2D eigenvalue weighted by molar-refractivity contribution is 6.09. The molecule has 146 valence electrons. The average molecular weight is 383 g/mol. The monoisotopic (exact) mass is 383 g/mol. The highest BCUT2D eigenvalue weighted by Crippen LogP contribution is 2.24. The summed E-state index contributed by atoms with van der Waals surface area (Å²) in [6, 6.07) is 17.9. The van der Waals surface area contributed by atoms with Gasteiger partial charge < -0.3 is 9.88 Å². The number of hydrogen-bond donors (Lipinski definition) is 1. The predicted octanol–water partition coefficient (Wildman–Crippen LogP) is 5.57. The smallest absolute Gasteiger partial charge is 0.266 e. The molecule has 1 heterocycles. The molecule has 4 nitrogen and oxygen atoms in total. The zero-order valence-electron chi connectivity index (χ0n) is 17.5. The van der Waals surface area contributed by atoms with Crippen molar-refractivity contribution in [2.45, 2.75) is 34.6 Å². The lowest BCUT2D eigenvalue weighted by Crippen LogP contribution is -2.13. The lowest BCUT2D eigenvalue weighted by Gasteiger charge is -2.12. The van der Waals surface area contributed by atoms with Crippen molar-refractivity contribution >= 4 is 17.7 Å². The van der Waals surface area contributed by atoms with Crippen LogP contribution in [0, 0.1) is 45.9 Å². The number of carbonyl (C=O) groups excluding carboxylic acids is 1. The second-order valence-corrected chi connectivity index (χ2v) is 7.42. The number of nitriles is 1. The Morgan fingerprint density at radius 1 is 1.00 bits per heavy atom.